The highest BCUT2D eigenvalue weighted by molar-refractivity contribution is 5.89. The Balaban J connectivity index is 1.32. The second-order valence-electron chi connectivity index (χ2n) is 13.4. The highest BCUT2D eigenvalue weighted by Gasteiger charge is 2.78. The maximum atomic E-state index is 12.4. The third-order valence-electron chi connectivity index (χ3n) is 12.1. The molecule has 0 radical (unpaired) electrons. The van der Waals surface area contributed by atoms with E-state index in [9.17, 15) is 25.2 Å². The van der Waals surface area contributed by atoms with Crippen LogP contribution >= 0.6 is 0 Å². The summed E-state index contributed by atoms with van der Waals surface area (Å²) in [6.45, 7) is 10.2. The molecule has 7 nitrogen and oxygen atoms in total. The average molecular weight is 491 g/mol. The van der Waals surface area contributed by atoms with Gasteiger partial charge in [0.05, 0.1) is 24.4 Å². The van der Waals surface area contributed by atoms with Crippen molar-refractivity contribution in [3.05, 3.63) is 11.1 Å². The van der Waals surface area contributed by atoms with Gasteiger partial charge in [0.15, 0.2) is 0 Å². The predicted molar refractivity (Wildman–Crippen MR) is 127 cm³/mol. The maximum absolute atomic E-state index is 12.4. The minimum Gasteiger partial charge on any atom is -0.458 e. The summed E-state index contributed by atoms with van der Waals surface area (Å²) in [4.78, 5) is 12.4. The molecule has 35 heavy (non-hydrogen) atoms. The highest BCUT2D eigenvalue weighted by Crippen LogP contribution is 2.72. The first-order valence-electron chi connectivity index (χ1n) is 13.6. The van der Waals surface area contributed by atoms with Crippen LogP contribution in [0.1, 0.15) is 73.1 Å². The van der Waals surface area contributed by atoms with Crippen molar-refractivity contribution in [1.82, 2.24) is 0 Å². The number of esters is 1. The Kier molecular flexibility index (Phi) is 5.24. The molecule has 2 aliphatic heterocycles. The zero-order valence-electron chi connectivity index (χ0n) is 21.6. The normalized spacial score (nSPS) is 58.0. The van der Waals surface area contributed by atoms with Crippen molar-refractivity contribution in [2.45, 2.75) is 115 Å². The van der Waals surface area contributed by atoms with E-state index in [1.54, 1.807) is 0 Å². The second kappa shape index (κ2) is 7.53. The number of hydrogen-bond acceptors (Lipinski definition) is 7. The molecule has 7 heteroatoms. The number of ether oxygens (including phenoxy) is 2. The molecule has 4 saturated carbocycles. The smallest absolute Gasteiger partial charge is 0.333 e. The van der Waals surface area contributed by atoms with E-state index in [4.69, 9.17) is 9.47 Å². The molecule has 0 unspecified atom stereocenters. The predicted octanol–water partition coefficient (Wildman–Crippen LogP) is 2.34. The van der Waals surface area contributed by atoms with Crippen molar-refractivity contribution in [2.75, 3.05) is 0 Å². The zero-order valence-corrected chi connectivity index (χ0v) is 21.6. The van der Waals surface area contributed by atoms with Crippen molar-refractivity contribution in [3.63, 3.8) is 0 Å². The molecule has 0 bridgehead atoms. The SMILES string of the molecule is CC1=C(C)C(=O)O[C@@H]([C@@H](C)[C@H]2[C@H](O)C[C@H]3[C@H]4[C@@H]5O[C@@H]5[C@@]5(O)C[C@@H](O)C[C@H](O)[C@]5(C)[C@@H]4CC[C@]23C)C1. The second-order valence-corrected chi connectivity index (χ2v) is 13.4. The van der Waals surface area contributed by atoms with Gasteiger partial charge in [0.1, 0.15) is 17.8 Å². The van der Waals surface area contributed by atoms with Gasteiger partial charge in [0.2, 0.25) is 0 Å². The molecular formula is C28H42O7. The Hall–Kier alpha value is -0.990. The van der Waals surface area contributed by atoms with E-state index < -0.39 is 29.3 Å². The quantitative estimate of drug-likeness (QED) is 0.346. The van der Waals surface area contributed by atoms with Crippen LogP contribution in [0.3, 0.4) is 0 Å². The third-order valence-corrected chi connectivity index (χ3v) is 12.1. The Morgan fingerprint density at radius 2 is 1.80 bits per heavy atom. The van der Waals surface area contributed by atoms with Gasteiger partial charge in [-0.1, -0.05) is 26.3 Å². The lowest BCUT2D eigenvalue weighted by Gasteiger charge is -2.63. The van der Waals surface area contributed by atoms with E-state index in [1.807, 2.05) is 20.8 Å². The number of cyclic esters (lactones) is 1. The fourth-order valence-corrected chi connectivity index (χ4v) is 10.0. The molecule has 5 fully saturated rings. The van der Waals surface area contributed by atoms with Crippen molar-refractivity contribution < 1.29 is 34.7 Å². The summed E-state index contributed by atoms with van der Waals surface area (Å²) in [5, 5.41) is 44.9. The van der Waals surface area contributed by atoms with Crippen LogP contribution in [0.15, 0.2) is 11.1 Å². The monoisotopic (exact) mass is 490 g/mol. The molecular weight excluding hydrogens is 448 g/mol. The van der Waals surface area contributed by atoms with Crippen LogP contribution in [0.25, 0.3) is 0 Å². The van der Waals surface area contributed by atoms with E-state index >= 15 is 0 Å². The van der Waals surface area contributed by atoms with E-state index in [0.29, 0.717) is 18.4 Å². The van der Waals surface area contributed by atoms with Gasteiger partial charge in [0, 0.05) is 23.8 Å². The van der Waals surface area contributed by atoms with E-state index in [1.165, 1.54) is 0 Å². The number of epoxide rings is 1. The lowest BCUT2D eigenvalue weighted by atomic mass is 9.42. The molecule has 4 aliphatic carbocycles. The molecule has 6 rings (SSSR count). The Morgan fingerprint density at radius 1 is 1.09 bits per heavy atom. The number of aliphatic hydroxyl groups excluding tert-OH is 3. The van der Waals surface area contributed by atoms with Crippen molar-refractivity contribution >= 4 is 5.97 Å². The summed E-state index contributed by atoms with van der Waals surface area (Å²) in [5.41, 5.74) is -0.355. The van der Waals surface area contributed by atoms with Crippen molar-refractivity contribution in [3.8, 4) is 0 Å². The van der Waals surface area contributed by atoms with Crippen LogP contribution in [0.2, 0.25) is 0 Å². The number of fused-ring (bicyclic) bond motifs is 8. The van der Waals surface area contributed by atoms with E-state index in [-0.39, 0.29) is 72.1 Å². The van der Waals surface area contributed by atoms with Gasteiger partial charge in [0.25, 0.3) is 0 Å². The number of rotatable bonds is 2. The van der Waals surface area contributed by atoms with Crippen LogP contribution in [-0.4, -0.2) is 68.6 Å². The Bertz CT molecular complexity index is 963. The zero-order chi connectivity index (χ0) is 25.2. The number of carbonyl (C=O) groups excluding carboxylic acids is 1. The average Bonchev–Trinajstić information content (AvgIpc) is 3.53. The maximum Gasteiger partial charge on any atom is 0.333 e. The van der Waals surface area contributed by atoms with Crippen LogP contribution in [0.5, 0.6) is 0 Å². The Labute approximate surface area is 207 Å². The number of aliphatic hydroxyl groups is 4. The van der Waals surface area contributed by atoms with Gasteiger partial charge >= 0.3 is 5.97 Å². The van der Waals surface area contributed by atoms with Crippen LogP contribution in [0, 0.1) is 40.4 Å². The van der Waals surface area contributed by atoms with E-state index in [0.717, 1.165) is 18.4 Å². The molecule has 6 aliphatic rings. The summed E-state index contributed by atoms with van der Waals surface area (Å²) in [6.07, 6.45) is 0.919. The molecule has 14 atom stereocenters. The first-order valence-corrected chi connectivity index (χ1v) is 13.6. The number of hydrogen-bond donors (Lipinski definition) is 4. The molecule has 0 aromatic heterocycles. The molecule has 0 aromatic rings. The van der Waals surface area contributed by atoms with Crippen molar-refractivity contribution in [1.29, 1.82) is 0 Å². The molecule has 1 saturated heterocycles. The van der Waals surface area contributed by atoms with Crippen LogP contribution in [0.4, 0.5) is 0 Å². The minimum absolute atomic E-state index is 0.00127. The van der Waals surface area contributed by atoms with Gasteiger partial charge in [-0.2, -0.15) is 0 Å². The van der Waals surface area contributed by atoms with Crippen LogP contribution in [-0.2, 0) is 14.3 Å². The molecule has 2 heterocycles. The summed E-state index contributed by atoms with van der Waals surface area (Å²) < 4.78 is 12.0. The summed E-state index contributed by atoms with van der Waals surface area (Å²) in [5.74, 6) is 0.201. The first-order chi connectivity index (χ1) is 16.3. The number of carbonyl (C=O) groups is 1. The largest absolute Gasteiger partial charge is 0.458 e. The topological polar surface area (TPSA) is 120 Å². The van der Waals surface area contributed by atoms with Crippen LogP contribution < -0.4 is 0 Å². The summed E-state index contributed by atoms with van der Waals surface area (Å²) >= 11 is 0. The summed E-state index contributed by atoms with van der Waals surface area (Å²) in [7, 11) is 0. The Morgan fingerprint density at radius 3 is 2.49 bits per heavy atom. The fourth-order valence-electron chi connectivity index (χ4n) is 10.0. The third kappa shape index (κ3) is 2.99. The standard InChI is InChI=1S/C28H42O7/c1-12-8-19(34-25(32)13(12)2)14(3)22-18(30)10-17-21-16(6-7-26(17,22)4)27(5)20(31)9-15(29)11-28(27,33)24-23(21)35-24/h14-24,29-31,33H,6-11H2,1-5H3/t14-,15+,16-,17+,18-,19-,20+,21+,22+,23+,24+,26+,27+,28+/m1/s1. The summed E-state index contributed by atoms with van der Waals surface area (Å²) in [6, 6.07) is 0. The van der Waals surface area contributed by atoms with Gasteiger partial charge < -0.3 is 29.9 Å². The van der Waals surface area contributed by atoms with Gasteiger partial charge in [-0.15, -0.1) is 0 Å². The minimum atomic E-state index is -1.23. The molecule has 0 spiro atoms. The molecule has 4 N–H and O–H groups in total. The van der Waals surface area contributed by atoms with E-state index in [2.05, 4.69) is 13.8 Å². The van der Waals surface area contributed by atoms with Gasteiger partial charge in [-0.05, 0) is 74.5 Å². The van der Waals surface area contributed by atoms with Gasteiger partial charge in [-0.3, -0.25) is 0 Å². The lowest BCUT2D eigenvalue weighted by molar-refractivity contribution is -0.250. The lowest BCUT2D eigenvalue weighted by Crippen LogP contribution is -2.71. The molecule has 0 aromatic carbocycles. The fraction of sp³-hybridized carbons (Fsp3) is 0.893. The van der Waals surface area contributed by atoms with Crippen molar-refractivity contribution in [2.24, 2.45) is 40.4 Å². The molecule has 0 amide bonds. The highest BCUT2D eigenvalue weighted by atomic mass is 16.6. The van der Waals surface area contributed by atoms with Gasteiger partial charge in [-0.25, -0.2) is 4.79 Å². The first kappa shape index (κ1) is 24.4. The molecule has 196 valence electrons.